The molecule has 1 amide bonds. The summed E-state index contributed by atoms with van der Waals surface area (Å²) < 4.78 is 5.16. The fourth-order valence-corrected chi connectivity index (χ4v) is 2.96. The van der Waals surface area contributed by atoms with Crippen LogP contribution in [-0.2, 0) is 9.59 Å². The summed E-state index contributed by atoms with van der Waals surface area (Å²) in [5.41, 5.74) is 1.82. The summed E-state index contributed by atoms with van der Waals surface area (Å²) in [6, 6.07) is 16.6. The van der Waals surface area contributed by atoms with Crippen molar-refractivity contribution in [2.24, 2.45) is 0 Å². The molecule has 0 aliphatic carbocycles. The van der Waals surface area contributed by atoms with E-state index in [-0.39, 0.29) is 24.3 Å². The molecule has 0 fully saturated rings. The Morgan fingerprint density at radius 3 is 2.23 bits per heavy atom. The molecule has 0 heterocycles. The van der Waals surface area contributed by atoms with E-state index < -0.39 is 5.97 Å². The van der Waals surface area contributed by atoms with Gasteiger partial charge >= 0.3 is 5.97 Å². The number of amides is 1. The monoisotopic (exact) mass is 355 g/mol. The number of carboxylic acids is 1. The van der Waals surface area contributed by atoms with Crippen LogP contribution in [0.3, 0.4) is 0 Å². The van der Waals surface area contributed by atoms with E-state index in [0.29, 0.717) is 12.8 Å². The Labute approximate surface area is 154 Å². The van der Waals surface area contributed by atoms with Crippen LogP contribution in [0.4, 0.5) is 0 Å². The average Bonchev–Trinajstić information content (AvgIpc) is 2.66. The maximum atomic E-state index is 12.9. The van der Waals surface area contributed by atoms with Gasteiger partial charge in [-0.2, -0.15) is 0 Å². The highest BCUT2D eigenvalue weighted by atomic mass is 16.5. The van der Waals surface area contributed by atoms with E-state index in [9.17, 15) is 9.59 Å². The van der Waals surface area contributed by atoms with Gasteiger partial charge in [-0.05, 0) is 36.1 Å². The molecule has 0 bridgehead atoms. The van der Waals surface area contributed by atoms with E-state index in [1.165, 1.54) is 0 Å². The predicted molar refractivity (Wildman–Crippen MR) is 100 cm³/mol. The van der Waals surface area contributed by atoms with Crippen LogP contribution in [0.2, 0.25) is 0 Å². The standard InChI is InChI=1S/C21H25NO4/c1-3-18(15-9-11-17(26-2)12-10-15)21(25)22-19(13-14-20(23)24)16-7-5-4-6-8-16/h4-12,18-19H,3,13-14H2,1-2H3,(H,22,25)(H,23,24). The van der Waals surface area contributed by atoms with E-state index in [4.69, 9.17) is 9.84 Å². The van der Waals surface area contributed by atoms with Crippen LogP contribution in [0, 0.1) is 0 Å². The Morgan fingerprint density at radius 1 is 1.04 bits per heavy atom. The van der Waals surface area contributed by atoms with E-state index in [0.717, 1.165) is 16.9 Å². The third-order valence-electron chi connectivity index (χ3n) is 4.41. The van der Waals surface area contributed by atoms with Crippen molar-refractivity contribution in [2.45, 2.75) is 38.1 Å². The number of hydrogen-bond acceptors (Lipinski definition) is 3. The van der Waals surface area contributed by atoms with Gasteiger partial charge in [0.1, 0.15) is 5.75 Å². The number of methoxy groups -OCH3 is 1. The number of aliphatic carboxylic acids is 1. The summed E-state index contributed by atoms with van der Waals surface area (Å²) in [5, 5.41) is 12.0. The lowest BCUT2D eigenvalue weighted by Gasteiger charge is -2.22. The summed E-state index contributed by atoms with van der Waals surface area (Å²) in [6.45, 7) is 1.96. The molecule has 2 aromatic rings. The second-order valence-corrected chi connectivity index (χ2v) is 6.14. The third kappa shape index (κ3) is 5.34. The molecule has 0 saturated carbocycles. The summed E-state index contributed by atoms with van der Waals surface area (Å²) in [5.74, 6) is -0.524. The Hall–Kier alpha value is -2.82. The van der Waals surface area contributed by atoms with Gasteiger partial charge in [-0.15, -0.1) is 0 Å². The zero-order valence-electron chi connectivity index (χ0n) is 15.1. The molecular weight excluding hydrogens is 330 g/mol. The molecule has 2 unspecified atom stereocenters. The van der Waals surface area contributed by atoms with Crippen LogP contribution in [0.25, 0.3) is 0 Å². The van der Waals surface area contributed by atoms with Gasteiger partial charge in [-0.3, -0.25) is 9.59 Å². The van der Waals surface area contributed by atoms with Gasteiger partial charge in [0.05, 0.1) is 19.1 Å². The highest BCUT2D eigenvalue weighted by Gasteiger charge is 2.23. The molecule has 2 rings (SSSR count). The first kappa shape index (κ1) is 19.5. The van der Waals surface area contributed by atoms with Crippen molar-refractivity contribution in [3.05, 3.63) is 65.7 Å². The second kappa shape index (κ2) is 9.61. The van der Waals surface area contributed by atoms with E-state index in [1.54, 1.807) is 7.11 Å². The van der Waals surface area contributed by atoms with Crippen LogP contribution in [0.1, 0.15) is 49.3 Å². The van der Waals surface area contributed by atoms with E-state index in [2.05, 4.69) is 5.32 Å². The van der Waals surface area contributed by atoms with Gasteiger partial charge in [-0.1, -0.05) is 49.4 Å². The molecule has 2 aromatic carbocycles. The molecule has 138 valence electrons. The average molecular weight is 355 g/mol. The molecule has 26 heavy (non-hydrogen) atoms. The molecular formula is C21H25NO4. The smallest absolute Gasteiger partial charge is 0.303 e. The van der Waals surface area contributed by atoms with Gasteiger partial charge in [-0.25, -0.2) is 0 Å². The zero-order valence-corrected chi connectivity index (χ0v) is 15.1. The predicted octanol–water partition coefficient (Wildman–Crippen LogP) is 3.91. The van der Waals surface area contributed by atoms with Crippen LogP contribution >= 0.6 is 0 Å². The highest BCUT2D eigenvalue weighted by molar-refractivity contribution is 5.84. The second-order valence-electron chi connectivity index (χ2n) is 6.14. The van der Waals surface area contributed by atoms with Gasteiger partial charge in [0.25, 0.3) is 0 Å². The Kier molecular flexibility index (Phi) is 7.21. The lowest BCUT2D eigenvalue weighted by atomic mass is 9.94. The molecule has 0 saturated heterocycles. The maximum absolute atomic E-state index is 12.9. The Bertz CT molecular complexity index is 713. The first-order valence-corrected chi connectivity index (χ1v) is 8.76. The summed E-state index contributed by atoms with van der Waals surface area (Å²) >= 11 is 0. The van der Waals surface area contributed by atoms with Gasteiger partial charge in [0.15, 0.2) is 0 Å². The normalized spacial score (nSPS) is 12.8. The van der Waals surface area contributed by atoms with Gasteiger partial charge < -0.3 is 15.2 Å². The van der Waals surface area contributed by atoms with Crippen molar-refractivity contribution in [3.8, 4) is 5.75 Å². The number of ether oxygens (including phenoxy) is 1. The van der Waals surface area contributed by atoms with E-state index in [1.807, 2.05) is 61.5 Å². The zero-order chi connectivity index (χ0) is 18.9. The fourth-order valence-electron chi connectivity index (χ4n) is 2.96. The first-order valence-electron chi connectivity index (χ1n) is 8.76. The molecule has 0 aromatic heterocycles. The molecule has 2 atom stereocenters. The van der Waals surface area contributed by atoms with Crippen LogP contribution < -0.4 is 10.1 Å². The molecule has 2 N–H and O–H groups in total. The number of hydrogen-bond donors (Lipinski definition) is 2. The van der Waals surface area contributed by atoms with Crippen LogP contribution in [0.5, 0.6) is 5.75 Å². The van der Waals surface area contributed by atoms with Crippen molar-refractivity contribution in [2.75, 3.05) is 7.11 Å². The summed E-state index contributed by atoms with van der Waals surface area (Å²) in [6.07, 6.45) is 1.00. The largest absolute Gasteiger partial charge is 0.497 e. The van der Waals surface area contributed by atoms with Gasteiger partial charge in [0, 0.05) is 6.42 Å². The van der Waals surface area contributed by atoms with E-state index >= 15 is 0 Å². The number of benzene rings is 2. The minimum absolute atomic E-state index is 0.000825. The van der Waals surface area contributed by atoms with Crippen molar-refractivity contribution in [3.63, 3.8) is 0 Å². The summed E-state index contributed by atoms with van der Waals surface area (Å²) in [4.78, 5) is 23.8. The van der Waals surface area contributed by atoms with Crippen LogP contribution in [-0.4, -0.2) is 24.1 Å². The first-order chi connectivity index (χ1) is 12.5. The fraction of sp³-hybridized carbons (Fsp3) is 0.333. The number of rotatable bonds is 9. The molecule has 0 radical (unpaired) electrons. The maximum Gasteiger partial charge on any atom is 0.303 e. The quantitative estimate of drug-likeness (QED) is 0.715. The molecule has 5 nitrogen and oxygen atoms in total. The Balaban J connectivity index is 2.16. The molecule has 5 heteroatoms. The van der Waals surface area contributed by atoms with Crippen LogP contribution in [0.15, 0.2) is 54.6 Å². The summed E-state index contributed by atoms with van der Waals surface area (Å²) in [7, 11) is 1.60. The SMILES string of the molecule is CCC(C(=O)NC(CCC(=O)O)c1ccccc1)c1ccc(OC)cc1. The number of carbonyl (C=O) groups is 2. The topological polar surface area (TPSA) is 75.6 Å². The van der Waals surface area contributed by atoms with Crippen molar-refractivity contribution in [1.82, 2.24) is 5.32 Å². The highest BCUT2D eigenvalue weighted by Crippen LogP contribution is 2.25. The lowest BCUT2D eigenvalue weighted by Crippen LogP contribution is -2.33. The van der Waals surface area contributed by atoms with Crippen molar-refractivity contribution >= 4 is 11.9 Å². The number of carbonyl (C=O) groups excluding carboxylic acids is 1. The number of carboxylic acid groups (broad SMARTS) is 1. The molecule has 0 spiro atoms. The number of nitrogens with one attached hydrogen (secondary N) is 1. The third-order valence-corrected chi connectivity index (χ3v) is 4.41. The Morgan fingerprint density at radius 2 is 1.69 bits per heavy atom. The van der Waals surface area contributed by atoms with Crippen molar-refractivity contribution < 1.29 is 19.4 Å². The van der Waals surface area contributed by atoms with Crippen molar-refractivity contribution in [1.29, 1.82) is 0 Å². The van der Waals surface area contributed by atoms with Gasteiger partial charge in [0.2, 0.25) is 5.91 Å². The minimum atomic E-state index is -0.873. The minimum Gasteiger partial charge on any atom is -0.497 e. The molecule has 0 aliphatic heterocycles. The molecule has 0 aliphatic rings. The lowest BCUT2D eigenvalue weighted by molar-refractivity contribution is -0.137.